The predicted molar refractivity (Wildman–Crippen MR) is 126 cm³/mol. The summed E-state index contributed by atoms with van der Waals surface area (Å²) in [5, 5.41) is 8.97. The van der Waals surface area contributed by atoms with Gasteiger partial charge in [0.15, 0.2) is 5.82 Å². The fourth-order valence-electron chi connectivity index (χ4n) is 4.07. The molecular formula is C25H30N4O2. The molecule has 0 unspecified atom stereocenters. The van der Waals surface area contributed by atoms with Crippen LogP contribution in [0.1, 0.15) is 45.1 Å². The molecule has 1 fully saturated rings. The summed E-state index contributed by atoms with van der Waals surface area (Å²) in [5.41, 5.74) is 1.69. The van der Waals surface area contributed by atoms with E-state index < -0.39 is 0 Å². The molecule has 1 N–H and O–H groups in total. The van der Waals surface area contributed by atoms with Crippen LogP contribution in [0, 0.1) is 5.92 Å². The van der Waals surface area contributed by atoms with Gasteiger partial charge in [-0.05, 0) is 48.4 Å². The zero-order valence-corrected chi connectivity index (χ0v) is 18.5. The number of nitrogens with one attached hydrogen (secondary N) is 1. The van der Waals surface area contributed by atoms with Gasteiger partial charge in [0.05, 0.1) is 5.39 Å². The Labute approximate surface area is 182 Å². The van der Waals surface area contributed by atoms with Crippen molar-refractivity contribution in [3.05, 3.63) is 64.4 Å². The predicted octanol–water partition coefficient (Wildman–Crippen LogP) is 4.39. The van der Waals surface area contributed by atoms with Crippen LogP contribution in [0.25, 0.3) is 10.8 Å². The molecule has 31 heavy (non-hydrogen) atoms. The van der Waals surface area contributed by atoms with E-state index in [2.05, 4.69) is 36.1 Å². The van der Waals surface area contributed by atoms with Crippen molar-refractivity contribution >= 4 is 28.2 Å². The number of fused-ring (bicyclic) bond motifs is 1. The summed E-state index contributed by atoms with van der Waals surface area (Å²) in [6.45, 7) is 8.22. The number of hydrogen-bond acceptors (Lipinski definition) is 4. The Bertz CT molecular complexity index is 1130. The lowest BCUT2D eigenvalue weighted by Crippen LogP contribution is -2.37. The normalized spacial score (nSPS) is 14.9. The summed E-state index contributed by atoms with van der Waals surface area (Å²) >= 11 is 0. The van der Waals surface area contributed by atoms with Crippen molar-refractivity contribution in [2.24, 2.45) is 5.92 Å². The molecule has 4 rings (SSSR count). The number of carbonyl (C=O) groups excluding carboxylic acids is 1. The molecule has 1 amide bonds. The number of aromatic nitrogens is 2. The lowest BCUT2D eigenvalue weighted by molar-refractivity contribution is -0.117. The molecule has 0 bridgehead atoms. The smallest absolute Gasteiger partial charge is 0.275 e. The van der Waals surface area contributed by atoms with E-state index in [4.69, 9.17) is 0 Å². The third-order valence-corrected chi connectivity index (χ3v) is 6.09. The number of benzene rings is 2. The maximum Gasteiger partial charge on any atom is 0.275 e. The number of hydrogen-bond donors (Lipinski definition) is 1. The van der Waals surface area contributed by atoms with E-state index in [-0.39, 0.29) is 18.0 Å². The van der Waals surface area contributed by atoms with Gasteiger partial charge in [0.1, 0.15) is 6.54 Å². The number of rotatable bonds is 5. The molecule has 1 aliphatic heterocycles. The number of nitrogens with zero attached hydrogens (tertiary/aromatic N) is 3. The molecule has 1 saturated heterocycles. The first-order chi connectivity index (χ1) is 14.9. The van der Waals surface area contributed by atoms with Crippen LogP contribution in [-0.4, -0.2) is 28.8 Å². The van der Waals surface area contributed by atoms with Gasteiger partial charge >= 0.3 is 0 Å². The van der Waals surface area contributed by atoms with Gasteiger partial charge in [0.2, 0.25) is 5.91 Å². The molecule has 1 aliphatic rings. The fourth-order valence-corrected chi connectivity index (χ4v) is 4.07. The molecule has 0 spiro atoms. The van der Waals surface area contributed by atoms with Crippen molar-refractivity contribution in [2.45, 2.75) is 46.1 Å². The van der Waals surface area contributed by atoms with Crippen molar-refractivity contribution in [3.63, 3.8) is 0 Å². The second-order valence-electron chi connectivity index (χ2n) is 8.83. The highest BCUT2D eigenvalue weighted by atomic mass is 16.2. The van der Waals surface area contributed by atoms with Crippen LogP contribution in [0.3, 0.4) is 0 Å². The second-order valence-corrected chi connectivity index (χ2v) is 8.83. The van der Waals surface area contributed by atoms with E-state index >= 15 is 0 Å². The van der Waals surface area contributed by atoms with Gasteiger partial charge in [-0.25, -0.2) is 4.68 Å². The van der Waals surface area contributed by atoms with Crippen LogP contribution in [0.2, 0.25) is 0 Å². The zero-order valence-electron chi connectivity index (χ0n) is 18.5. The molecule has 1 aromatic heterocycles. The topological polar surface area (TPSA) is 67.2 Å². The minimum atomic E-state index is -0.264. The molecule has 2 aromatic carbocycles. The first-order valence-corrected chi connectivity index (χ1v) is 11.1. The Kier molecular flexibility index (Phi) is 6.07. The lowest BCUT2D eigenvalue weighted by Gasteiger charge is -2.32. The van der Waals surface area contributed by atoms with Gasteiger partial charge in [0, 0.05) is 24.2 Å². The summed E-state index contributed by atoms with van der Waals surface area (Å²) in [5.74, 6) is 1.65. The van der Waals surface area contributed by atoms with Crippen LogP contribution in [0.4, 0.5) is 11.5 Å². The summed E-state index contributed by atoms with van der Waals surface area (Å²) in [6, 6.07) is 15.3. The monoisotopic (exact) mass is 418 g/mol. The SMILES string of the molecule is CC1CCN(c2nn(CC(=O)Nc3ccc(C(C)C)cc3)c(=O)c3ccccc23)CC1. The van der Waals surface area contributed by atoms with Gasteiger partial charge in [-0.2, -0.15) is 5.10 Å². The standard InChI is InChI=1S/C25H30N4O2/c1-17(2)19-8-10-20(11-9-19)26-23(30)16-29-25(31)22-7-5-4-6-21(22)24(27-29)28-14-12-18(3)13-15-28/h4-11,17-18H,12-16H2,1-3H3,(H,26,30). The first-order valence-electron chi connectivity index (χ1n) is 11.1. The van der Waals surface area contributed by atoms with E-state index in [9.17, 15) is 9.59 Å². The van der Waals surface area contributed by atoms with E-state index in [1.807, 2.05) is 48.5 Å². The Balaban J connectivity index is 1.60. The average Bonchev–Trinajstić information content (AvgIpc) is 2.77. The first kappa shape index (κ1) is 21.1. The highest BCUT2D eigenvalue weighted by Crippen LogP contribution is 2.26. The van der Waals surface area contributed by atoms with Crippen LogP contribution in [0.5, 0.6) is 0 Å². The summed E-state index contributed by atoms with van der Waals surface area (Å²) in [7, 11) is 0. The van der Waals surface area contributed by atoms with Gasteiger partial charge < -0.3 is 10.2 Å². The maximum absolute atomic E-state index is 13.0. The number of anilines is 2. The van der Waals surface area contributed by atoms with E-state index in [1.165, 1.54) is 10.2 Å². The van der Waals surface area contributed by atoms with E-state index in [1.54, 1.807) is 0 Å². The highest BCUT2D eigenvalue weighted by Gasteiger charge is 2.21. The molecule has 6 nitrogen and oxygen atoms in total. The average molecular weight is 419 g/mol. The van der Waals surface area contributed by atoms with Crippen molar-refractivity contribution in [1.82, 2.24) is 9.78 Å². The Hall–Kier alpha value is -3.15. The molecule has 0 atom stereocenters. The highest BCUT2D eigenvalue weighted by molar-refractivity contribution is 5.93. The van der Waals surface area contributed by atoms with Gasteiger partial charge in [0.25, 0.3) is 5.56 Å². The maximum atomic E-state index is 13.0. The number of carbonyl (C=O) groups is 1. The lowest BCUT2D eigenvalue weighted by atomic mass is 9.99. The largest absolute Gasteiger partial charge is 0.355 e. The van der Waals surface area contributed by atoms with Gasteiger partial charge in [-0.3, -0.25) is 9.59 Å². The number of amides is 1. The number of piperidine rings is 1. The summed E-state index contributed by atoms with van der Waals surface area (Å²) < 4.78 is 1.30. The third-order valence-electron chi connectivity index (χ3n) is 6.09. The van der Waals surface area contributed by atoms with Crippen LogP contribution in [-0.2, 0) is 11.3 Å². The van der Waals surface area contributed by atoms with E-state index in [0.717, 1.165) is 37.1 Å². The van der Waals surface area contributed by atoms with Crippen LogP contribution >= 0.6 is 0 Å². The molecular weight excluding hydrogens is 388 g/mol. The molecule has 6 heteroatoms. The summed E-state index contributed by atoms with van der Waals surface area (Å²) in [4.78, 5) is 28.0. The minimum Gasteiger partial charge on any atom is -0.355 e. The minimum absolute atomic E-state index is 0.118. The molecule has 0 radical (unpaired) electrons. The summed E-state index contributed by atoms with van der Waals surface area (Å²) in [6.07, 6.45) is 2.20. The third kappa shape index (κ3) is 4.63. The zero-order chi connectivity index (χ0) is 22.0. The quantitative estimate of drug-likeness (QED) is 0.667. The van der Waals surface area contributed by atoms with Crippen molar-refractivity contribution in [3.8, 4) is 0 Å². The van der Waals surface area contributed by atoms with Crippen molar-refractivity contribution < 1.29 is 4.79 Å². The van der Waals surface area contributed by atoms with Crippen LogP contribution in [0.15, 0.2) is 53.3 Å². The van der Waals surface area contributed by atoms with E-state index in [0.29, 0.717) is 22.9 Å². The molecule has 162 valence electrons. The molecule has 3 aromatic rings. The van der Waals surface area contributed by atoms with Crippen LogP contribution < -0.4 is 15.8 Å². The van der Waals surface area contributed by atoms with Crippen molar-refractivity contribution in [1.29, 1.82) is 0 Å². The van der Waals surface area contributed by atoms with Crippen molar-refractivity contribution in [2.75, 3.05) is 23.3 Å². The van der Waals surface area contributed by atoms with Gasteiger partial charge in [-0.1, -0.05) is 51.1 Å². The Morgan fingerprint density at radius 1 is 1.06 bits per heavy atom. The molecule has 2 heterocycles. The fraction of sp³-hybridized carbons (Fsp3) is 0.400. The van der Waals surface area contributed by atoms with Gasteiger partial charge in [-0.15, -0.1) is 0 Å². The second kappa shape index (κ2) is 8.92. The Morgan fingerprint density at radius 2 is 1.71 bits per heavy atom. The Morgan fingerprint density at radius 3 is 2.35 bits per heavy atom. The molecule has 0 saturated carbocycles. The molecule has 0 aliphatic carbocycles.